The summed E-state index contributed by atoms with van der Waals surface area (Å²) in [5, 5.41) is 70.8. The number of hydrogen-bond donors (Lipinski definition) is 12. The first-order chi connectivity index (χ1) is 58.1. The van der Waals surface area contributed by atoms with Crippen LogP contribution >= 0.6 is 105 Å². The molecule has 6 aliphatic rings. The number of benzene rings is 4. The first-order valence-electron chi connectivity index (χ1n) is 37.7. The van der Waals surface area contributed by atoms with Crippen molar-refractivity contribution in [2.24, 2.45) is 10.1 Å². The van der Waals surface area contributed by atoms with Gasteiger partial charge in [0.2, 0.25) is 11.1 Å². The molecule has 2 amide bonds. The van der Waals surface area contributed by atoms with E-state index in [2.05, 4.69) is 132 Å². The number of ketones is 3. The number of amides is 2. The van der Waals surface area contributed by atoms with Gasteiger partial charge in [-0.25, -0.2) is 38.6 Å². The smallest absolute Gasteiger partial charge is 0.399 e. The van der Waals surface area contributed by atoms with Crippen LogP contribution in [0.4, 0.5) is 32.8 Å². The van der Waals surface area contributed by atoms with Gasteiger partial charge in [-0.15, -0.1) is 17.0 Å². The van der Waals surface area contributed by atoms with E-state index in [-0.39, 0.29) is 116 Å². The number of fused-ring (bicyclic) bond motifs is 1. The summed E-state index contributed by atoms with van der Waals surface area (Å²) in [5.74, 6) is -0.627. The van der Waals surface area contributed by atoms with Crippen molar-refractivity contribution in [3.05, 3.63) is 187 Å². The average Bonchev–Trinajstić information content (AvgIpc) is 1.64. The number of ether oxygens (including phenoxy) is 3. The van der Waals surface area contributed by atoms with Crippen molar-refractivity contribution < 1.29 is 143 Å². The van der Waals surface area contributed by atoms with Crippen molar-refractivity contribution in [1.29, 1.82) is 0 Å². The van der Waals surface area contributed by atoms with Crippen molar-refractivity contribution in [2.75, 3.05) is 67.1 Å². The van der Waals surface area contributed by atoms with E-state index in [0.717, 1.165) is 77.6 Å². The molecule has 1 unspecified atom stereocenters. The third-order valence-corrected chi connectivity index (χ3v) is 22.6. The standard InChI is InChI=1S/C13H14BrNO2.2C13H13NO2.C9H12BrNO3.C9H13NO3.C8H8N2.C5H9NO2.2C4H7BrO3.C4H5ClO.CH3F.BHNS.BrH.H3N2O.Na/c1-9-6-10(4-5-11(9)15-3)7-12(16)13(2,17)8-14;2*1-9-6-10(4-5-11(9)14-3)7-12(15)13(2)8-16-13;1-9(5-10)8(13)11-4-2-3-6(11)7(12)14-9;1-6(2)8(11)10-5-3-4-7(10)9(12)13;1-6-5-7(9)3-4-8(6)10-2;7-5(8)4-2-1-3-6-4;2*1-4(8,2-5)3(6)7;1-3(2)4(5)6;1-2;1-2-3;;1-2-3;/h4-6,17H,7-8H2,1-2H3;2*4-6H,7-8H2,1-2H3;6H,2-5H2,1H3;7H,1,3-5H2,2H3,(H,12,13);3-5H,9H2,1H3;4,6H,1-3H2,(H,7,8);2*8H,2H2,1H3,(H,6,7);1H2,2H3;1H3;3H;1H;3H,1H2;/q;;;;;;;;;;;;;-1;+1/t3*13-;6?,9-;7-;;3*4-;;;;;;/m00001.100....../s1/i;;;;;;;;;;1D;;;;. The zero-order valence-corrected chi connectivity index (χ0v) is 83.9. The number of rotatable bonds is 19. The number of allylic oxidation sites excluding steroid dienone is 1. The maximum Gasteiger partial charge on any atom is 1.00 e. The van der Waals surface area contributed by atoms with Crippen LogP contribution in [-0.2, 0) is 86.2 Å². The van der Waals surface area contributed by atoms with Crippen LogP contribution in [-0.4, -0.2) is 236 Å². The zero-order valence-electron chi connectivity index (χ0n) is 73.2. The number of carboxylic acid groups (broad SMARTS) is 4. The molecule has 4 aromatic carbocycles. The minimum absolute atomic E-state index is 0. The van der Waals surface area contributed by atoms with Gasteiger partial charge in [0.05, 0.1) is 53.4 Å². The molecule has 0 bridgehead atoms. The van der Waals surface area contributed by atoms with Gasteiger partial charge in [0.1, 0.15) is 34.9 Å². The Morgan fingerprint density at radius 3 is 1.29 bits per heavy atom. The average molecular weight is 2130 g/mol. The number of cyclic esters (lactones) is 1. The second-order valence-electron chi connectivity index (χ2n) is 29.0. The molecule has 6 saturated heterocycles. The van der Waals surface area contributed by atoms with E-state index < -0.39 is 75.9 Å². The molecule has 9 atom stereocenters. The van der Waals surface area contributed by atoms with Gasteiger partial charge >= 0.3 is 84.2 Å². The molecule has 1 radical (unpaired) electrons. The Hall–Kier alpha value is -7.44. The van der Waals surface area contributed by atoms with E-state index in [1.54, 1.807) is 68.1 Å². The van der Waals surface area contributed by atoms with Gasteiger partial charge in [0, 0.05) is 65.2 Å². The summed E-state index contributed by atoms with van der Waals surface area (Å²) in [6, 6.07) is 20.3. The predicted molar refractivity (Wildman–Crippen MR) is 496 cm³/mol. The topological polar surface area (TPSA) is 498 Å². The molecule has 6 heterocycles. The molecule has 0 aromatic heterocycles. The van der Waals surface area contributed by atoms with E-state index in [1.165, 1.54) is 25.7 Å². The Morgan fingerprint density at radius 1 is 0.675 bits per heavy atom. The van der Waals surface area contributed by atoms with E-state index in [4.69, 9.17) is 95.1 Å². The van der Waals surface area contributed by atoms with Gasteiger partial charge in [-0.05, 0) is 191 Å². The summed E-state index contributed by atoms with van der Waals surface area (Å²) < 4.78 is 33.6. The van der Waals surface area contributed by atoms with Crippen molar-refractivity contribution in [2.45, 2.75) is 193 Å². The molecule has 4 aromatic rings. The second-order valence-corrected chi connectivity index (χ2v) is 31.8. The maximum absolute atomic E-state index is 11.9. The van der Waals surface area contributed by atoms with Gasteiger partial charge in [0.15, 0.2) is 56.9 Å². The Balaban J connectivity index is -0.000000434. The fourth-order valence-corrected chi connectivity index (χ4v) is 11.0. The molecule has 13 N–H and O–H groups in total. The molecule has 0 saturated carbocycles. The molecule has 687 valence electrons. The number of aliphatic carboxylic acids is 4. The number of nitrogen functional groups attached to an aromatic ring is 1. The van der Waals surface area contributed by atoms with E-state index in [9.17, 15) is 62.2 Å². The van der Waals surface area contributed by atoms with Crippen molar-refractivity contribution in [3.63, 3.8) is 0 Å². The number of morpholine rings is 1. The number of nitrogens with zero attached hydrogens (tertiary/aromatic N) is 8. The van der Waals surface area contributed by atoms with Crippen LogP contribution < -0.4 is 46.5 Å². The number of alkyl halides is 5. The number of aliphatic hydroxyl groups is 3. The summed E-state index contributed by atoms with van der Waals surface area (Å²) in [6.07, 6.45) is 5.67. The van der Waals surface area contributed by atoms with Gasteiger partial charge < -0.3 is 87.4 Å². The van der Waals surface area contributed by atoms with Crippen molar-refractivity contribution >= 4 is 205 Å². The van der Waals surface area contributed by atoms with E-state index >= 15 is 0 Å². The normalized spacial score (nSPS) is 19.4. The number of thiol groups is 1. The number of nitrogens with two attached hydrogens (primary N) is 2. The van der Waals surface area contributed by atoms with Crippen LogP contribution in [0.25, 0.3) is 25.0 Å². The van der Waals surface area contributed by atoms with Crippen LogP contribution in [0.3, 0.4) is 0 Å². The van der Waals surface area contributed by atoms with Gasteiger partial charge in [-0.3, -0.25) is 38.0 Å². The fraction of sp³-hybridized carbons (Fsp3) is 0.482. The number of carboxylic acids is 4. The number of carbonyl (C=O) groups excluding carboxylic acids is 7. The number of Topliss-reactive ketones (excluding diaryl/α,β-unsaturated/α-hetero) is 3. The van der Waals surface area contributed by atoms with Crippen LogP contribution in [0.15, 0.2) is 101 Å². The Bertz CT molecular complexity index is 4420. The number of hydrogen-bond acceptors (Lipinski definition) is 23. The minimum atomic E-state index is -1.62. The molecular weight excluding hydrogens is 2020 g/mol. The first kappa shape index (κ1) is 125. The Kier molecular flexibility index (Phi) is 63.0. The first-order valence-corrected chi connectivity index (χ1v) is 42.2. The summed E-state index contributed by atoms with van der Waals surface area (Å²) in [4.78, 5) is 137. The third kappa shape index (κ3) is 46.7. The summed E-state index contributed by atoms with van der Waals surface area (Å²) in [7, 11) is 3.34. The molecule has 126 heavy (non-hydrogen) atoms. The number of esters is 1. The molecule has 0 spiro atoms. The molecular formula is C83H109BBr5ClFN11NaO22S. The predicted octanol–water partition coefficient (Wildman–Crippen LogP) is 10.7. The van der Waals surface area contributed by atoms with Crippen LogP contribution in [0.1, 0.15) is 134 Å². The number of aryl methyl sites for hydroxylation is 4. The number of carbonyl (C=O) groups is 11. The monoisotopic (exact) mass is 2130 g/mol. The van der Waals surface area contributed by atoms with Gasteiger partial charge in [-0.1, -0.05) is 138 Å². The number of epoxide rings is 2. The number of nitrogens with one attached hydrogen (secondary N) is 1. The summed E-state index contributed by atoms with van der Waals surface area (Å²) in [6.45, 7) is 57.4. The molecule has 33 nitrogen and oxygen atoms in total. The quantitative estimate of drug-likeness (QED) is 0.00355. The van der Waals surface area contributed by atoms with Gasteiger partial charge in [0.25, 0.3) is 5.91 Å². The Labute approximate surface area is 814 Å². The number of halogens is 7. The number of likely N-dealkylation sites (tertiary alicyclic amines) is 1. The van der Waals surface area contributed by atoms with Crippen LogP contribution in [0.5, 0.6) is 0 Å². The molecule has 10 rings (SSSR count). The fourth-order valence-electron chi connectivity index (χ4n) is 9.89. The van der Waals surface area contributed by atoms with E-state index in [1.807, 2.05) is 77.5 Å². The largest absolute Gasteiger partial charge is 1.00 e. The van der Waals surface area contributed by atoms with Crippen LogP contribution in [0.2, 0.25) is 0 Å². The van der Waals surface area contributed by atoms with Crippen LogP contribution in [0, 0.1) is 54.0 Å². The molecule has 6 aliphatic heterocycles. The SMILES string of the molecule is Br.C=C(C)C(=O)Cl.C=C(C)C(=O)N1CCC[C@@H]1C(=O)O.C[C@@]1(CBr)OC(=O)C2CCCN2C1=O.C[C@](O)(CBr)C(=O)O.C[C@](O)(CBr)C(=O)O.N[N-]O.O=C(O)[C@H]1CCCN1.[2H]CF.[B]=NS.[C-]#[N+]c1ccc(CC(=O)[C@@](C)(O)CBr)cc1C.[C-]#[N+]c1ccc(CC(=O)[C@]2(C)CO2)cc1C.[C-]#[N+]c1ccc(CC(=O)[C@]2(C)CO2)cc1C.[C-]#[N+]c1ccc(N)cc1C.[Na+]. The Morgan fingerprint density at radius 2 is 1.02 bits per heavy atom. The third-order valence-electron chi connectivity index (χ3n) is 17.9. The number of anilines is 1. The van der Waals surface area contributed by atoms with E-state index in [0.29, 0.717) is 90.5 Å². The second kappa shape index (κ2) is 63.5. The van der Waals surface area contributed by atoms with Crippen molar-refractivity contribution in [3.8, 4) is 0 Å². The summed E-state index contributed by atoms with van der Waals surface area (Å²) >= 11 is 20.1. The molecule has 43 heteroatoms. The van der Waals surface area contributed by atoms with Crippen molar-refractivity contribution in [1.82, 2.24) is 15.1 Å². The maximum atomic E-state index is 11.9. The zero-order chi connectivity index (χ0) is 97.3. The molecule has 0 aliphatic carbocycles. The van der Waals surface area contributed by atoms with Gasteiger partial charge in [-0.2, -0.15) is 0 Å². The minimum Gasteiger partial charge on any atom is -0.399 e. The summed E-state index contributed by atoms with van der Waals surface area (Å²) in [5.41, 5.74) is 11.2. The molecule has 6 fully saturated rings.